The Kier molecular flexibility index (Phi) is 5.76. The van der Waals surface area contributed by atoms with Gasteiger partial charge in [-0.2, -0.15) is 0 Å². The first-order valence-corrected chi connectivity index (χ1v) is 11.4. The van der Waals surface area contributed by atoms with E-state index in [0.717, 1.165) is 37.9 Å². The van der Waals surface area contributed by atoms with E-state index < -0.39 is 0 Å². The minimum atomic E-state index is -0.151. The number of amides is 1. The lowest BCUT2D eigenvalue weighted by Gasteiger charge is -2.09. The molecule has 0 spiro atoms. The Morgan fingerprint density at radius 3 is 2.55 bits per heavy atom. The van der Waals surface area contributed by atoms with E-state index in [1.54, 1.807) is 11.8 Å². The molecule has 6 heteroatoms. The Morgan fingerprint density at radius 2 is 1.73 bits per heavy atom. The monoisotopic (exact) mass is 445 g/mol. The van der Waals surface area contributed by atoms with Crippen LogP contribution in [0.1, 0.15) is 27.0 Å². The number of hydrogen-bond donors (Lipinski definition) is 2. The second kappa shape index (κ2) is 9.00. The van der Waals surface area contributed by atoms with Crippen LogP contribution in [-0.2, 0) is 6.54 Å². The molecule has 2 radical (unpaired) electrons. The van der Waals surface area contributed by atoms with Crippen molar-refractivity contribution in [3.8, 4) is 0 Å². The molecule has 1 amide bonds. The Balaban J connectivity index is 1.50. The highest BCUT2D eigenvalue weighted by Gasteiger charge is 2.20. The minimum Gasteiger partial charge on any atom is -0.399 e. The van der Waals surface area contributed by atoms with Gasteiger partial charge in [0.1, 0.15) is 7.85 Å². The van der Waals surface area contributed by atoms with Crippen molar-refractivity contribution in [3.63, 3.8) is 0 Å². The number of carbonyl (C=O) groups excluding carboxylic acids is 1. The van der Waals surface area contributed by atoms with Crippen LogP contribution in [0, 0.1) is 0 Å². The molecule has 4 aromatic rings. The molecule has 0 saturated carbocycles. The lowest BCUT2D eigenvalue weighted by Crippen LogP contribution is -2.22. The van der Waals surface area contributed by atoms with Crippen LogP contribution in [0.2, 0.25) is 0 Å². The quantitative estimate of drug-likeness (QED) is 0.313. The number of nitrogens with one attached hydrogen (secondary N) is 1. The van der Waals surface area contributed by atoms with Gasteiger partial charge in [-0.05, 0) is 42.0 Å². The predicted molar refractivity (Wildman–Crippen MR) is 136 cm³/mol. The fourth-order valence-electron chi connectivity index (χ4n) is 3.71. The van der Waals surface area contributed by atoms with Crippen LogP contribution in [0.15, 0.2) is 106 Å². The maximum Gasteiger partial charge on any atom is 0.251 e. The molecule has 0 fully saturated rings. The van der Waals surface area contributed by atoms with E-state index in [-0.39, 0.29) is 5.91 Å². The molecule has 1 aliphatic heterocycles. The molecule has 0 aromatic heterocycles. The van der Waals surface area contributed by atoms with E-state index in [1.807, 2.05) is 78.9 Å². The molecule has 4 nitrogen and oxygen atoms in total. The molecule has 4 aromatic carbocycles. The average molecular weight is 445 g/mol. The first kappa shape index (κ1) is 21.1. The van der Waals surface area contributed by atoms with Gasteiger partial charge in [-0.1, -0.05) is 71.8 Å². The summed E-state index contributed by atoms with van der Waals surface area (Å²) in [5.74, 6) is -0.151. The van der Waals surface area contributed by atoms with Crippen molar-refractivity contribution in [2.45, 2.75) is 16.3 Å². The highest BCUT2D eigenvalue weighted by Crippen LogP contribution is 2.41. The smallest absolute Gasteiger partial charge is 0.251 e. The van der Waals surface area contributed by atoms with Gasteiger partial charge in [-0.15, -0.1) is 0 Å². The van der Waals surface area contributed by atoms with Crippen LogP contribution in [0.5, 0.6) is 0 Å². The van der Waals surface area contributed by atoms with Crippen molar-refractivity contribution in [3.05, 3.63) is 113 Å². The number of nitrogens with zero attached hydrogens (tertiary/aromatic N) is 1. The number of anilines is 1. The summed E-state index contributed by atoms with van der Waals surface area (Å²) in [6.07, 6.45) is 0. The fourth-order valence-corrected chi connectivity index (χ4v) is 4.71. The van der Waals surface area contributed by atoms with E-state index in [4.69, 9.17) is 18.6 Å². The average Bonchev–Trinajstić information content (AvgIpc) is 3.00. The standard InChI is InChI=1S/C27H20BN3OS/c28-20-5-3-4-18(14-20)26-22-6-1-2-7-24(22)33-25-13-10-19(15-23(25)31-26)27(32)30-16-17-8-11-21(29)12-9-17/h1-15H,16,29H2,(H,30,32). The van der Waals surface area contributed by atoms with Crippen LogP contribution < -0.4 is 16.5 Å². The van der Waals surface area contributed by atoms with Crippen molar-refractivity contribution in [1.29, 1.82) is 0 Å². The number of fused-ring (bicyclic) bond motifs is 2. The number of hydrogen-bond acceptors (Lipinski definition) is 4. The molecule has 5 rings (SSSR count). The first-order chi connectivity index (χ1) is 16.1. The number of aliphatic imine (C=N–C) groups is 1. The van der Waals surface area contributed by atoms with E-state index in [0.29, 0.717) is 23.3 Å². The molecule has 0 saturated heterocycles. The zero-order valence-corrected chi connectivity index (χ0v) is 18.6. The second-order valence-corrected chi connectivity index (χ2v) is 8.87. The number of benzene rings is 4. The lowest BCUT2D eigenvalue weighted by molar-refractivity contribution is 0.0951. The fraction of sp³-hybridized carbons (Fsp3) is 0.0370. The Labute approximate surface area is 198 Å². The molecule has 3 N–H and O–H groups in total. The Bertz CT molecular complexity index is 1380. The van der Waals surface area contributed by atoms with Crippen LogP contribution in [-0.4, -0.2) is 19.5 Å². The number of rotatable bonds is 4. The summed E-state index contributed by atoms with van der Waals surface area (Å²) in [7, 11) is 6.05. The zero-order chi connectivity index (χ0) is 22.8. The molecule has 0 aliphatic carbocycles. The van der Waals surface area contributed by atoms with Gasteiger partial charge in [0.2, 0.25) is 0 Å². The van der Waals surface area contributed by atoms with Crippen molar-refractivity contribution in [2.24, 2.45) is 4.99 Å². The highest BCUT2D eigenvalue weighted by atomic mass is 32.2. The zero-order valence-electron chi connectivity index (χ0n) is 17.8. The summed E-state index contributed by atoms with van der Waals surface area (Å²) in [6, 6.07) is 29.0. The number of nitrogen functional groups attached to an aromatic ring is 1. The molecule has 158 valence electrons. The van der Waals surface area contributed by atoms with Crippen LogP contribution in [0.3, 0.4) is 0 Å². The predicted octanol–water partition coefficient (Wildman–Crippen LogP) is 4.63. The molecule has 0 bridgehead atoms. The summed E-state index contributed by atoms with van der Waals surface area (Å²) in [5.41, 5.74) is 12.2. The van der Waals surface area contributed by atoms with Gasteiger partial charge in [0.15, 0.2) is 0 Å². The molecule has 0 atom stereocenters. The molecular formula is C27H20BN3OS. The Morgan fingerprint density at radius 1 is 0.909 bits per heavy atom. The third-order valence-electron chi connectivity index (χ3n) is 5.41. The SMILES string of the molecule is [B]c1cccc(C2=Nc3cc(C(=O)NCc4ccc(N)cc4)ccc3Sc3ccccc32)c1. The molecule has 1 aliphatic rings. The van der Waals surface area contributed by atoms with E-state index in [9.17, 15) is 4.79 Å². The van der Waals surface area contributed by atoms with Crippen molar-refractivity contribution < 1.29 is 4.79 Å². The van der Waals surface area contributed by atoms with E-state index >= 15 is 0 Å². The Hall–Kier alpha value is -3.77. The van der Waals surface area contributed by atoms with Crippen molar-refractivity contribution in [2.75, 3.05) is 5.73 Å². The van der Waals surface area contributed by atoms with Crippen molar-refractivity contribution >= 4 is 48.1 Å². The molecule has 33 heavy (non-hydrogen) atoms. The van der Waals surface area contributed by atoms with Gasteiger partial charge in [0, 0.05) is 38.7 Å². The molecule has 0 unspecified atom stereocenters. The van der Waals surface area contributed by atoms with Gasteiger partial charge in [-0.3, -0.25) is 4.79 Å². The van der Waals surface area contributed by atoms with Gasteiger partial charge in [0.05, 0.1) is 11.4 Å². The molecular weight excluding hydrogens is 425 g/mol. The normalized spacial score (nSPS) is 12.2. The third-order valence-corrected chi connectivity index (χ3v) is 6.55. The molecule has 1 heterocycles. The maximum absolute atomic E-state index is 12.9. The summed E-state index contributed by atoms with van der Waals surface area (Å²) in [4.78, 5) is 20.0. The van der Waals surface area contributed by atoms with Crippen LogP contribution in [0.25, 0.3) is 0 Å². The largest absolute Gasteiger partial charge is 0.399 e. The van der Waals surface area contributed by atoms with Crippen LogP contribution >= 0.6 is 11.8 Å². The van der Waals surface area contributed by atoms with Gasteiger partial charge in [-0.25, -0.2) is 4.99 Å². The summed E-state index contributed by atoms with van der Waals surface area (Å²) < 4.78 is 0. The van der Waals surface area contributed by atoms with Crippen LogP contribution in [0.4, 0.5) is 11.4 Å². The van der Waals surface area contributed by atoms with Gasteiger partial charge in [0.25, 0.3) is 5.91 Å². The second-order valence-electron chi connectivity index (χ2n) is 7.79. The van der Waals surface area contributed by atoms with E-state index in [2.05, 4.69) is 17.4 Å². The topological polar surface area (TPSA) is 67.5 Å². The summed E-state index contributed by atoms with van der Waals surface area (Å²) in [6.45, 7) is 0.425. The third kappa shape index (κ3) is 4.57. The van der Waals surface area contributed by atoms with Gasteiger partial charge < -0.3 is 11.1 Å². The van der Waals surface area contributed by atoms with E-state index in [1.165, 1.54) is 0 Å². The number of carbonyl (C=O) groups is 1. The minimum absolute atomic E-state index is 0.151. The first-order valence-electron chi connectivity index (χ1n) is 10.6. The number of nitrogens with two attached hydrogens (primary N) is 1. The highest BCUT2D eigenvalue weighted by molar-refractivity contribution is 7.99. The van der Waals surface area contributed by atoms with Gasteiger partial charge >= 0.3 is 0 Å². The summed E-state index contributed by atoms with van der Waals surface area (Å²) >= 11 is 1.65. The maximum atomic E-state index is 12.9. The lowest BCUT2D eigenvalue weighted by atomic mass is 9.91. The van der Waals surface area contributed by atoms with Crippen molar-refractivity contribution in [1.82, 2.24) is 5.32 Å². The summed E-state index contributed by atoms with van der Waals surface area (Å²) in [5, 5.41) is 2.97.